The molecule has 20 rings (SSSR count). The third-order valence-corrected chi connectivity index (χ3v) is 31.8. The summed E-state index contributed by atoms with van der Waals surface area (Å²) in [4.78, 5) is 109. The molecule has 0 amide bonds. The van der Waals surface area contributed by atoms with Crippen LogP contribution < -0.4 is 0 Å². The van der Waals surface area contributed by atoms with Crippen LogP contribution in [0.2, 0.25) is 0 Å². The summed E-state index contributed by atoms with van der Waals surface area (Å²) >= 11 is 0. The molecule has 0 aromatic carbocycles. The molecule has 1 N–H and O–H groups in total. The Morgan fingerprint density at radius 3 is 1.34 bits per heavy atom. The molecule has 2 saturated heterocycles. The minimum Gasteiger partial charge on any atom is -0.463 e. The van der Waals surface area contributed by atoms with E-state index >= 15 is 0 Å². The minimum absolute atomic E-state index is 0. The second-order valence-electron chi connectivity index (χ2n) is 41.4. The fraction of sp³-hybridized carbons (Fsp3) is 0.909. The van der Waals surface area contributed by atoms with Crippen LogP contribution in [0.4, 0.5) is 0 Å². The van der Waals surface area contributed by atoms with Crippen LogP contribution in [0.3, 0.4) is 0 Å². The highest BCUT2D eigenvalue weighted by Gasteiger charge is 2.66. The van der Waals surface area contributed by atoms with Crippen molar-refractivity contribution in [1.29, 1.82) is 0 Å². The van der Waals surface area contributed by atoms with Crippen molar-refractivity contribution in [2.45, 2.75) is 419 Å². The Labute approximate surface area is 724 Å². The van der Waals surface area contributed by atoms with E-state index in [4.69, 9.17) is 47.4 Å². The van der Waals surface area contributed by atoms with E-state index in [2.05, 4.69) is 13.8 Å². The van der Waals surface area contributed by atoms with Crippen LogP contribution in [0.1, 0.15) is 378 Å². The molecule has 0 aromatic rings. The molecule has 20 aliphatic rings. The van der Waals surface area contributed by atoms with Crippen molar-refractivity contribution in [3.05, 3.63) is 0 Å². The van der Waals surface area contributed by atoms with Crippen LogP contribution in [0.25, 0.3) is 0 Å². The minimum atomic E-state index is -0.687. The summed E-state index contributed by atoms with van der Waals surface area (Å²) in [7, 11) is 0. The molecule has 20 nitrogen and oxygen atoms in total. The molecule has 2 heterocycles. The summed E-state index contributed by atoms with van der Waals surface area (Å²) in [6.07, 6.45) is 29.6. The molecule has 18 saturated carbocycles. The molecule has 10 unspecified atom stereocenters. The molecule has 0 spiro atoms. The molecule has 0 aromatic heterocycles. The number of esters is 9. The van der Waals surface area contributed by atoms with Crippen LogP contribution in [-0.2, 0) is 90.5 Å². The van der Waals surface area contributed by atoms with E-state index in [0.717, 1.165) is 138 Å². The van der Waals surface area contributed by atoms with Gasteiger partial charge >= 0.3 is 53.7 Å². The molecular weight excluding hydrogens is 1510 g/mol. The van der Waals surface area contributed by atoms with E-state index in [1.807, 2.05) is 69.2 Å². The first-order chi connectivity index (χ1) is 51.2. The van der Waals surface area contributed by atoms with Gasteiger partial charge in [0, 0.05) is 24.7 Å². The summed E-state index contributed by atoms with van der Waals surface area (Å²) in [6, 6.07) is 0. The van der Waals surface area contributed by atoms with Crippen molar-refractivity contribution < 1.29 is 95.6 Å². The molecule has 20 fully saturated rings. The van der Waals surface area contributed by atoms with Gasteiger partial charge in [-0.3, -0.25) is 33.6 Å². The van der Waals surface area contributed by atoms with Crippen molar-refractivity contribution in [3.8, 4) is 0 Å². The number of aliphatic hydroxyl groups is 1. The van der Waals surface area contributed by atoms with E-state index in [0.29, 0.717) is 79.6 Å². The standard InChI is InChI=1S/C29H44O5.C18H30O2.C16H22O6.C16H26O3.C10H16O4.10CH4/c1-4-28(2,3)26(30)34-25-22-10-19-11-23(25)14-29(12-19,13-22)27(31)33-16-32-15-24-20-6-17-5-18(8-20)9-21(24)7-17;1-5-17(3,4)16(19)20-18(6-2)14-8-12-7-13(10-14)11-15(18)9-12;1-4-16(2,3)15(19)20-7-11(17)21-12-8-5-9-10(6-8)14(18)22-13(9)12;1-4-14(2,3)13(17)19-16-8-11-5-12(9-16)7-15(18,6-11)10-16;1-4-10(2,3)9(12)14-7-5-6-13-8(7)11;;;;;;;;;;/h17-25H,4-16H2,1-3H3;12-15H,5-11H2,1-4H3;8-10,12-13H,4-7H2,1-3H3;11-12,18H,4-10H2,1-3H3;7H,4-6H2,1-3H3;10*1H4. The monoisotopic (exact) mass is 1690 g/mol. The summed E-state index contributed by atoms with van der Waals surface area (Å²) in [6.45, 7) is 32.0. The highest BCUT2D eigenvalue weighted by atomic mass is 16.7. The third kappa shape index (κ3) is 23.1. The van der Waals surface area contributed by atoms with Crippen LogP contribution in [0.15, 0.2) is 0 Å². The quantitative estimate of drug-likeness (QED) is 0.0431. The van der Waals surface area contributed by atoms with Crippen molar-refractivity contribution in [2.75, 3.05) is 26.6 Å². The number of hydrogen-bond acceptors (Lipinski definition) is 20. The van der Waals surface area contributed by atoms with Crippen molar-refractivity contribution >= 4 is 53.7 Å². The van der Waals surface area contributed by atoms with Crippen LogP contribution in [0.5, 0.6) is 0 Å². The lowest BCUT2D eigenvalue weighted by molar-refractivity contribution is -0.225. The van der Waals surface area contributed by atoms with E-state index in [1.54, 1.807) is 27.7 Å². The maximum absolute atomic E-state index is 13.3. The van der Waals surface area contributed by atoms with E-state index in [9.17, 15) is 48.3 Å². The van der Waals surface area contributed by atoms with Gasteiger partial charge in [-0.05, 0) is 332 Å². The summed E-state index contributed by atoms with van der Waals surface area (Å²) < 4.78 is 55.7. The molecule has 694 valence electrons. The highest BCUT2D eigenvalue weighted by molar-refractivity contribution is 5.83. The van der Waals surface area contributed by atoms with Crippen molar-refractivity contribution in [3.63, 3.8) is 0 Å². The van der Waals surface area contributed by atoms with Gasteiger partial charge < -0.3 is 52.5 Å². The Morgan fingerprint density at radius 1 is 0.437 bits per heavy atom. The first kappa shape index (κ1) is 110. The smallest absolute Gasteiger partial charge is 0.347 e. The van der Waals surface area contributed by atoms with Gasteiger partial charge in [0.05, 0.1) is 57.2 Å². The predicted octanol–water partition coefficient (Wildman–Crippen LogP) is 22.5. The third-order valence-electron chi connectivity index (χ3n) is 31.8. The Hall–Kier alpha value is -4.85. The van der Waals surface area contributed by atoms with E-state index in [1.165, 1.54) is 70.6 Å². The zero-order valence-corrected chi connectivity index (χ0v) is 69.4. The first-order valence-electron chi connectivity index (χ1n) is 43.3. The Balaban J connectivity index is 0.000000509. The average Bonchev–Trinajstić information content (AvgIpc) is 1.71. The zero-order chi connectivity index (χ0) is 78.9. The van der Waals surface area contributed by atoms with Gasteiger partial charge in [0.2, 0.25) is 6.10 Å². The molecule has 119 heavy (non-hydrogen) atoms. The number of ether oxygens (including phenoxy) is 10. The summed E-state index contributed by atoms with van der Waals surface area (Å²) in [5, 5.41) is 10.6. The molecule has 18 bridgehead atoms. The fourth-order valence-electron chi connectivity index (χ4n) is 24.3. The number of fused-ring (bicyclic) bond motifs is 1. The summed E-state index contributed by atoms with van der Waals surface area (Å²) in [5.41, 5.74) is -3.75. The van der Waals surface area contributed by atoms with Gasteiger partial charge in [-0.25, -0.2) is 9.59 Å². The predicted molar refractivity (Wildman–Crippen MR) is 471 cm³/mol. The number of cyclic esters (lactones) is 1. The maximum atomic E-state index is 13.3. The van der Waals surface area contributed by atoms with E-state index in [-0.39, 0.29) is 182 Å². The zero-order valence-electron chi connectivity index (χ0n) is 69.4. The summed E-state index contributed by atoms with van der Waals surface area (Å²) in [5.74, 6) is 8.00. The fourth-order valence-corrected chi connectivity index (χ4v) is 24.3. The van der Waals surface area contributed by atoms with Crippen LogP contribution in [-0.4, -0.2) is 127 Å². The average molecular weight is 1690 g/mol. The molecule has 18 aliphatic carbocycles. The van der Waals surface area contributed by atoms with Gasteiger partial charge in [0.15, 0.2) is 13.4 Å². The second-order valence-corrected chi connectivity index (χ2v) is 41.4. The Bertz CT molecular complexity index is 3260. The number of rotatable bonds is 23. The van der Waals surface area contributed by atoms with Crippen LogP contribution >= 0.6 is 0 Å². The lowest BCUT2D eigenvalue weighted by Crippen LogP contribution is -2.61. The number of carbonyl (C=O) groups excluding carboxylic acids is 9. The topological polar surface area (TPSA) is 266 Å². The molecule has 10 atom stereocenters. The van der Waals surface area contributed by atoms with E-state index < -0.39 is 51.3 Å². The molecule has 20 heteroatoms. The lowest BCUT2D eigenvalue weighted by Gasteiger charge is -2.60. The Morgan fingerprint density at radius 2 is 0.882 bits per heavy atom. The molecular formula is C99H178O20. The number of carbonyl (C=O) groups is 9. The molecule has 0 radical (unpaired) electrons. The van der Waals surface area contributed by atoms with Gasteiger partial charge in [0.1, 0.15) is 29.5 Å². The maximum Gasteiger partial charge on any atom is 0.347 e. The normalized spacial score (nSPS) is 36.6. The second kappa shape index (κ2) is 42.4. The van der Waals surface area contributed by atoms with Gasteiger partial charge in [-0.1, -0.05) is 116 Å². The van der Waals surface area contributed by atoms with Crippen LogP contribution in [0, 0.1) is 133 Å². The van der Waals surface area contributed by atoms with Crippen molar-refractivity contribution in [1.82, 2.24) is 0 Å². The Kier molecular flexibility index (Phi) is 39.3. The lowest BCUT2D eigenvalue weighted by atomic mass is 9.48. The molecule has 2 aliphatic heterocycles. The van der Waals surface area contributed by atoms with Gasteiger partial charge in [-0.15, -0.1) is 0 Å². The number of hydrogen-bond donors (Lipinski definition) is 1. The highest BCUT2D eigenvalue weighted by Crippen LogP contribution is 2.65. The largest absolute Gasteiger partial charge is 0.463 e. The van der Waals surface area contributed by atoms with Gasteiger partial charge in [0.25, 0.3) is 0 Å². The first-order valence-corrected chi connectivity index (χ1v) is 43.3. The van der Waals surface area contributed by atoms with Crippen molar-refractivity contribution in [2.24, 2.45) is 133 Å². The van der Waals surface area contributed by atoms with Gasteiger partial charge in [-0.2, -0.15) is 0 Å². The SMILES string of the molecule is C.C.C.C.C.C.C.C.C.C.CCC(C)(C)C(=O)OC1(CC)C2CC3CC(C2)CC1C3.CCC(C)(C)C(=O)OC12CC3CC(CC(O)(C3)C1)C2.CCC(C)(C)C(=O)OC1C2CC3CC1CC(C(=O)OCOCC1C4CC5CC(C4)CC1C5)(C3)C2.CCC(C)(C)C(=O)OC1CCOC1=O.CCC(C)(C)C(=O)OCC(=O)OC1C2CC3C(=O)OC1C3C2.